The van der Waals surface area contributed by atoms with Gasteiger partial charge in [-0.25, -0.2) is 4.63 Å². The van der Waals surface area contributed by atoms with Crippen molar-refractivity contribution in [1.29, 1.82) is 0 Å². The van der Waals surface area contributed by atoms with Crippen LogP contribution in [0.1, 0.15) is 29.8 Å². The van der Waals surface area contributed by atoms with Crippen LogP contribution in [-0.2, 0) is 6.54 Å². The average Bonchev–Trinajstić information content (AvgIpc) is 2.89. The molecule has 1 aromatic heterocycles. The smallest absolute Gasteiger partial charge is 0.122 e. The van der Waals surface area contributed by atoms with Gasteiger partial charge >= 0.3 is 0 Å². The third kappa shape index (κ3) is 3.61. The van der Waals surface area contributed by atoms with Crippen molar-refractivity contribution in [3.8, 4) is 5.75 Å². The molecule has 0 saturated carbocycles. The minimum Gasteiger partial charge on any atom is -0.490 e. The Labute approximate surface area is 124 Å². The molecule has 1 fully saturated rings. The molecule has 1 aliphatic heterocycles. The lowest BCUT2D eigenvalue weighted by atomic mass is 10.1. The van der Waals surface area contributed by atoms with Crippen molar-refractivity contribution < 1.29 is 9.37 Å². The Morgan fingerprint density at radius 3 is 2.48 bits per heavy atom. The second-order valence-corrected chi connectivity index (χ2v) is 5.70. The molecule has 0 atom stereocenters. The van der Waals surface area contributed by atoms with E-state index in [0.29, 0.717) is 6.10 Å². The summed E-state index contributed by atoms with van der Waals surface area (Å²) in [5.41, 5.74) is 3.08. The normalized spacial score (nSPS) is 17.0. The molecule has 2 heterocycles. The number of nitrogens with zero attached hydrogens (tertiary/aromatic N) is 3. The first-order valence-corrected chi connectivity index (χ1v) is 7.44. The molecule has 5 heteroatoms. The van der Waals surface area contributed by atoms with E-state index in [1.807, 2.05) is 19.1 Å². The van der Waals surface area contributed by atoms with Crippen LogP contribution in [0.5, 0.6) is 5.75 Å². The summed E-state index contributed by atoms with van der Waals surface area (Å²) in [6, 6.07) is 8.27. The Kier molecular flexibility index (Phi) is 4.20. The molecule has 0 N–H and O–H groups in total. The zero-order valence-electron chi connectivity index (χ0n) is 12.6. The number of hydrogen-bond donors (Lipinski definition) is 0. The number of likely N-dealkylation sites (tertiary alicyclic amines) is 1. The van der Waals surface area contributed by atoms with Gasteiger partial charge < -0.3 is 4.74 Å². The molecule has 0 unspecified atom stereocenters. The minimum absolute atomic E-state index is 0.306. The molecular weight excluding hydrogens is 266 g/mol. The van der Waals surface area contributed by atoms with Crippen LogP contribution in [0, 0.1) is 13.8 Å². The number of aromatic nitrogens is 2. The molecule has 3 rings (SSSR count). The lowest BCUT2D eigenvalue weighted by Gasteiger charge is -2.31. The van der Waals surface area contributed by atoms with Crippen LogP contribution in [0.25, 0.3) is 0 Å². The topological polar surface area (TPSA) is 51.4 Å². The van der Waals surface area contributed by atoms with Gasteiger partial charge in [0.05, 0.1) is 0 Å². The Morgan fingerprint density at radius 2 is 1.86 bits per heavy atom. The maximum Gasteiger partial charge on any atom is 0.122 e. The van der Waals surface area contributed by atoms with E-state index >= 15 is 0 Å². The van der Waals surface area contributed by atoms with Gasteiger partial charge in [-0.15, -0.1) is 0 Å². The molecular formula is C16H21N3O2. The largest absolute Gasteiger partial charge is 0.490 e. The first-order valence-electron chi connectivity index (χ1n) is 7.44. The van der Waals surface area contributed by atoms with Crippen LogP contribution in [0.4, 0.5) is 0 Å². The van der Waals surface area contributed by atoms with Gasteiger partial charge in [0, 0.05) is 19.6 Å². The van der Waals surface area contributed by atoms with Crippen LogP contribution in [0.3, 0.4) is 0 Å². The Balaban J connectivity index is 1.49. The van der Waals surface area contributed by atoms with Crippen LogP contribution in [0.15, 0.2) is 28.9 Å². The van der Waals surface area contributed by atoms with Crippen LogP contribution in [0.2, 0.25) is 0 Å². The molecule has 21 heavy (non-hydrogen) atoms. The molecule has 112 valence electrons. The predicted molar refractivity (Wildman–Crippen MR) is 79.1 cm³/mol. The van der Waals surface area contributed by atoms with Gasteiger partial charge in [-0.2, -0.15) is 0 Å². The van der Waals surface area contributed by atoms with Crippen molar-refractivity contribution in [1.82, 2.24) is 15.2 Å². The highest BCUT2D eigenvalue weighted by molar-refractivity contribution is 5.26. The number of hydrogen-bond acceptors (Lipinski definition) is 5. The summed E-state index contributed by atoms with van der Waals surface area (Å²) in [5, 5.41) is 7.77. The molecule has 1 aliphatic rings. The maximum absolute atomic E-state index is 6.04. The van der Waals surface area contributed by atoms with Crippen LogP contribution < -0.4 is 4.74 Å². The standard InChI is InChI=1S/C16H21N3O2/c1-12-3-5-14(6-4-12)20-15-7-9-19(10-8-15)11-16-13(2)17-21-18-16/h3-6,15H,7-11H2,1-2H3. The highest BCUT2D eigenvalue weighted by Crippen LogP contribution is 2.20. The van der Waals surface area contributed by atoms with E-state index in [4.69, 9.17) is 9.37 Å². The first-order chi connectivity index (χ1) is 10.2. The zero-order chi connectivity index (χ0) is 14.7. The molecule has 0 aliphatic carbocycles. The summed E-state index contributed by atoms with van der Waals surface area (Å²) in [7, 11) is 0. The van der Waals surface area contributed by atoms with Gasteiger partial charge in [0.1, 0.15) is 23.2 Å². The van der Waals surface area contributed by atoms with E-state index in [1.54, 1.807) is 0 Å². The van der Waals surface area contributed by atoms with Crippen molar-refractivity contribution in [2.24, 2.45) is 0 Å². The highest BCUT2D eigenvalue weighted by atomic mass is 16.6. The summed E-state index contributed by atoms with van der Waals surface area (Å²) in [6.07, 6.45) is 2.39. The van der Waals surface area contributed by atoms with Gasteiger partial charge in [-0.1, -0.05) is 28.0 Å². The van der Waals surface area contributed by atoms with E-state index in [0.717, 1.165) is 49.6 Å². The summed E-state index contributed by atoms with van der Waals surface area (Å²) < 4.78 is 10.8. The number of benzene rings is 1. The molecule has 1 aromatic carbocycles. The summed E-state index contributed by atoms with van der Waals surface area (Å²) in [6.45, 7) is 6.86. The molecule has 2 aromatic rings. The maximum atomic E-state index is 6.04. The van der Waals surface area contributed by atoms with Gasteiger partial charge in [0.2, 0.25) is 0 Å². The van der Waals surface area contributed by atoms with Crippen molar-refractivity contribution >= 4 is 0 Å². The van der Waals surface area contributed by atoms with E-state index in [9.17, 15) is 0 Å². The molecule has 0 spiro atoms. The van der Waals surface area contributed by atoms with E-state index in [-0.39, 0.29) is 0 Å². The van der Waals surface area contributed by atoms with E-state index in [1.165, 1.54) is 5.56 Å². The average molecular weight is 287 g/mol. The van der Waals surface area contributed by atoms with Crippen molar-refractivity contribution in [2.45, 2.75) is 39.3 Å². The highest BCUT2D eigenvalue weighted by Gasteiger charge is 2.22. The van der Waals surface area contributed by atoms with Crippen molar-refractivity contribution in [3.63, 3.8) is 0 Å². The van der Waals surface area contributed by atoms with E-state index < -0.39 is 0 Å². The molecule has 0 bridgehead atoms. The fourth-order valence-electron chi connectivity index (χ4n) is 2.60. The second-order valence-electron chi connectivity index (χ2n) is 5.70. The Bertz CT molecular complexity index is 571. The molecule has 0 radical (unpaired) electrons. The van der Waals surface area contributed by atoms with Gasteiger partial charge in [-0.05, 0) is 38.8 Å². The fraction of sp³-hybridized carbons (Fsp3) is 0.500. The number of piperidine rings is 1. The molecule has 5 nitrogen and oxygen atoms in total. The summed E-state index contributed by atoms with van der Waals surface area (Å²) >= 11 is 0. The summed E-state index contributed by atoms with van der Waals surface area (Å²) in [5.74, 6) is 0.968. The third-order valence-corrected chi connectivity index (χ3v) is 3.98. The predicted octanol–water partition coefficient (Wildman–Crippen LogP) is 2.73. The Morgan fingerprint density at radius 1 is 1.14 bits per heavy atom. The number of aryl methyl sites for hydroxylation is 2. The van der Waals surface area contributed by atoms with Crippen LogP contribution in [-0.4, -0.2) is 34.4 Å². The van der Waals surface area contributed by atoms with Crippen LogP contribution >= 0.6 is 0 Å². The molecule has 0 amide bonds. The lowest BCUT2D eigenvalue weighted by molar-refractivity contribution is 0.0953. The lowest BCUT2D eigenvalue weighted by Crippen LogP contribution is -2.38. The molecule has 1 saturated heterocycles. The quantitative estimate of drug-likeness (QED) is 0.865. The SMILES string of the molecule is Cc1ccc(OC2CCN(Cc3nonc3C)CC2)cc1. The van der Waals surface area contributed by atoms with Gasteiger partial charge in [0.25, 0.3) is 0 Å². The van der Waals surface area contributed by atoms with Crippen molar-refractivity contribution in [2.75, 3.05) is 13.1 Å². The Hall–Kier alpha value is -1.88. The second kappa shape index (κ2) is 6.26. The summed E-state index contributed by atoms with van der Waals surface area (Å²) in [4.78, 5) is 2.38. The third-order valence-electron chi connectivity index (χ3n) is 3.98. The number of rotatable bonds is 4. The zero-order valence-corrected chi connectivity index (χ0v) is 12.6. The van der Waals surface area contributed by atoms with Crippen molar-refractivity contribution in [3.05, 3.63) is 41.2 Å². The minimum atomic E-state index is 0.306. The number of ether oxygens (including phenoxy) is 1. The fourth-order valence-corrected chi connectivity index (χ4v) is 2.60. The monoisotopic (exact) mass is 287 g/mol. The van der Waals surface area contributed by atoms with Gasteiger partial charge in [0.15, 0.2) is 0 Å². The van der Waals surface area contributed by atoms with Gasteiger partial charge in [-0.3, -0.25) is 4.90 Å². The first kappa shape index (κ1) is 14.1. The van der Waals surface area contributed by atoms with E-state index in [2.05, 4.69) is 34.3 Å².